The molecule has 2 nitrogen and oxygen atoms in total. The van der Waals surface area contributed by atoms with Crippen molar-refractivity contribution in [1.29, 1.82) is 0 Å². The molecule has 0 saturated carbocycles. The van der Waals surface area contributed by atoms with Gasteiger partial charge >= 0.3 is 0 Å². The van der Waals surface area contributed by atoms with Gasteiger partial charge in [-0.3, -0.25) is 0 Å². The first-order valence-electron chi connectivity index (χ1n) is 4.46. The zero-order chi connectivity index (χ0) is 8.67. The zero-order valence-electron chi connectivity index (χ0n) is 7.17. The van der Waals surface area contributed by atoms with Gasteiger partial charge in [0, 0.05) is 17.4 Å². The van der Waals surface area contributed by atoms with E-state index in [1.54, 1.807) is 0 Å². The number of H-pyrrole nitrogens is 1. The SMILES string of the molecule is C1=Cc2[nH]c3ccccc3c2NC1. The predicted molar refractivity (Wildman–Crippen MR) is 55.8 cm³/mol. The Kier molecular flexibility index (Phi) is 1.25. The second kappa shape index (κ2) is 2.39. The van der Waals surface area contributed by atoms with E-state index in [0.29, 0.717) is 0 Å². The molecule has 64 valence electrons. The Hall–Kier alpha value is -1.70. The number of nitrogens with one attached hydrogen (secondary N) is 2. The van der Waals surface area contributed by atoms with Crippen LogP contribution in [0, 0.1) is 0 Å². The summed E-state index contributed by atoms with van der Waals surface area (Å²) in [6, 6.07) is 8.35. The van der Waals surface area contributed by atoms with E-state index >= 15 is 0 Å². The first kappa shape index (κ1) is 6.78. The van der Waals surface area contributed by atoms with Crippen molar-refractivity contribution in [3.8, 4) is 0 Å². The Morgan fingerprint density at radius 2 is 2.08 bits per heavy atom. The fourth-order valence-electron chi connectivity index (χ4n) is 1.82. The summed E-state index contributed by atoms with van der Waals surface area (Å²) in [5, 5.41) is 4.65. The maximum absolute atomic E-state index is 3.37. The van der Waals surface area contributed by atoms with Crippen molar-refractivity contribution in [2.75, 3.05) is 11.9 Å². The van der Waals surface area contributed by atoms with Gasteiger partial charge in [0.1, 0.15) is 0 Å². The van der Waals surface area contributed by atoms with E-state index in [0.717, 1.165) is 6.54 Å². The monoisotopic (exact) mass is 170 g/mol. The molecular weight excluding hydrogens is 160 g/mol. The van der Waals surface area contributed by atoms with Gasteiger partial charge in [0.05, 0.1) is 11.4 Å². The van der Waals surface area contributed by atoms with Crippen molar-refractivity contribution < 1.29 is 0 Å². The van der Waals surface area contributed by atoms with Crippen molar-refractivity contribution in [3.63, 3.8) is 0 Å². The lowest BCUT2D eigenvalue weighted by Gasteiger charge is -2.07. The van der Waals surface area contributed by atoms with Gasteiger partial charge in [-0.15, -0.1) is 0 Å². The average molecular weight is 170 g/mol. The Morgan fingerprint density at radius 1 is 1.15 bits per heavy atom. The Bertz CT molecular complexity index is 480. The van der Waals surface area contributed by atoms with Gasteiger partial charge in [-0.1, -0.05) is 24.3 Å². The maximum atomic E-state index is 3.37. The van der Waals surface area contributed by atoms with Crippen LogP contribution < -0.4 is 5.32 Å². The van der Waals surface area contributed by atoms with E-state index in [9.17, 15) is 0 Å². The number of benzene rings is 1. The van der Waals surface area contributed by atoms with E-state index in [2.05, 4.69) is 40.7 Å². The highest BCUT2D eigenvalue weighted by molar-refractivity contribution is 5.98. The number of hydrogen-bond donors (Lipinski definition) is 2. The molecule has 1 aliphatic rings. The van der Waals surface area contributed by atoms with E-state index in [-0.39, 0.29) is 0 Å². The molecule has 1 aromatic heterocycles. The van der Waals surface area contributed by atoms with Gasteiger partial charge in [0.25, 0.3) is 0 Å². The summed E-state index contributed by atoms with van der Waals surface area (Å²) in [5.74, 6) is 0. The van der Waals surface area contributed by atoms with Gasteiger partial charge in [0.15, 0.2) is 0 Å². The minimum absolute atomic E-state index is 0.925. The molecule has 0 radical (unpaired) electrons. The fraction of sp³-hybridized carbons (Fsp3) is 0.0909. The van der Waals surface area contributed by atoms with Crippen LogP contribution in [0.4, 0.5) is 5.69 Å². The molecule has 1 aliphatic heterocycles. The van der Waals surface area contributed by atoms with Gasteiger partial charge < -0.3 is 10.3 Å². The van der Waals surface area contributed by atoms with Crippen LogP contribution in [-0.4, -0.2) is 11.5 Å². The van der Waals surface area contributed by atoms with Crippen molar-refractivity contribution in [3.05, 3.63) is 36.0 Å². The summed E-state index contributed by atoms with van der Waals surface area (Å²) in [6.07, 6.45) is 4.25. The van der Waals surface area contributed by atoms with Crippen molar-refractivity contribution in [2.45, 2.75) is 0 Å². The molecule has 13 heavy (non-hydrogen) atoms. The molecule has 0 fully saturated rings. The second-order valence-electron chi connectivity index (χ2n) is 3.24. The number of rotatable bonds is 0. The van der Waals surface area contributed by atoms with E-state index < -0.39 is 0 Å². The summed E-state index contributed by atoms with van der Waals surface area (Å²) < 4.78 is 0. The molecule has 3 rings (SSSR count). The Labute approximate surface area is 76.3 Å². The summed E-state index contributed by atoms with van der Waals surface area (Å²) in [7, 11) is 0. The standard InChI is InChI=1S/C11H10N2/c1-2-5-9-8(4-1)11-10(13-9)6-3-7-12-11/h1-6,12-13H,7H2. The molecule has 2 heteroatoms. The molecule has 0 aliphatic carbocycles. The maximum Gasteiger partial charge on any atom is 0.0676 e. The summed E-state index contributed by atoms with van der Waals surface area (Å²) in [4.78, 5) is 3.37. The van der Waals surface area contributed by atoms with Crippen LogP contribution in [-0.2, 0) is 0 Å². The third-order valence-electron chi connectivity index (χ3n) is 2.42. The predicted octanol–water partition coefficient (Wildman–Crippen LogP) is 2.61. The van der Waals surface area contributed by atoms with Crippen LogP contribution in [0.1, 0.15) is 5.69 Å². The number of anilines is 1. The van der Waals surface area contributed by atoms with Crippen LogP contribution in [0.2, 0.25) is 0 Å². The molecular formula is C11H10N2. The number of hydrogen-bond acceptors (Lipinski definition) is 1. The number of aromatic amines is 1. The molecule has 2 aromatic rings. The second-order valence-corrected chi connectivity index (χ2v) is 3.24. The van der Waals surface area contributed by atoms with Crippen LogP contribution in [0.3, 0.4) is 0 Å². The van der Waals surface area contributed by atoms with Crippen LogP contribution >= 0.6 is 0 Å². The molecule has 0 amide bonds. The molecule has 0 unspecified atom stereocenters. The number of fused-ring (bicyclic) bond motifs is 3. The van der Waals surface area contributed by atoms with Crippen LogP contribution in [0.25, 0.3) is 17.0 Å². The summed E-state index contributed by atoms with van der Waals surface area (Å²) >= 11 is 0. The van der Waals surface area contributed by atoms with Crippen molar-refractivity contribution in [2.24, 2.45) is 0 Å². The molecule has 2 heterocycles. The third-order valence-corrected chi connectivity index (χ3v) is 2.42. The van der Waals surface area contributed by atoms with Crippen molar-refractivity contribution in [1.82, 2.24) is 4.98 Å². The quantitative estimate of drug-likeness (QED) is 0.625. The lowest BCUT2D eigenvalue weighted by Crippen LogP contribution is -2.02. The van der Waals surface area contributed by atoms with E-state index in [1.807, 2.05) is 6.07 Å². The zero-order valence-corrected chi connectivity index (χ0v) is 7.17. The molecule has 0 spiro atoms. The minimum Gasteiger partial charge on any atom is -0.379 e. The van der Waals surface area contributed by atoms with Gasteiger partial charge in [-0.2, -0.15) is 0 Å². The number of para-hydroxylation sites is 1. The van der Waals surface area contributed by atoms with E-state index in [4.69, 9.17) is 0 Å². The lowest BCUT2D eigenvalue weighted by atomic mass is 10.2. The first-order chi connectivity index (χ1) is 6.45. The Balaban J connectivity index is 2.41. The number of aromatic nitrogens is 1. The van der Waals surface area contributed by atoms with E-state index in [1.165, 1.54) is 22.3 Å². The third kappa shape index (κ3) is 0.886. The topological polar surface area (TPSA) is 27.8 Å². The fourth-order valence-corrected chi connectivity index (χ4v) is 1.82. The van der Waals surface area contributed by atoms with Gasteiger partial charge in [0.2, 0.25) is 0 Å². The van der Waals surface area contributed by atoms with Crippen molar-refractivity contribution >= 4 is 22.7 Å². The molecule has 0 bridgehead atoms. The van der Waals surface area contributed by atoms with Gasteiger partial charge in [-0.25, -0.2) is 0 Å². The average Bonchev–Trinajstić information content (AvgIpc) is 2.56. The highest BCUT2D eigenvalue weighted by Crippen LogP contribution is 2.29. The highest BCUT2D eigenvalue weighted by Gasteiger charge is 2.09. The van der Waals surface area contributed by atoms with Gasteiger partial charge in [-0.05, 0) is 12.1 Å². The summed E-state index contributed by atoms with van der Waals surface area (Å²) in [6.45, 7) is 0.925. The first-order valence-corrected chi connectivity index (χ1v) is 4.46. The smallest absolute Gasteiger partial charge is 0.0676 e. The lowest BCUT2D eigenvalue weighted by molar-refractivity contribution is 1.29. The molecule has 0 atom stereocenters. The van der Waals surface area contributed by atoms with Crippen LogP contribution in [0.5, 0.6) is 0 Å². The molecule has 2 N–H and O–H groups in total. The summed E-state index contributed by atoms with van der Waals surface area (Å²) in [5.41, 5.74) is 3.62. The molecule has 1 aromatic carbocycles. The molecule has 0 saturated heterocycles. The Morgan fingerprint density at radius 3 is 3.08 bits per heavy atom. The largest absolute Gasteiger partial charge is 0.379 e. The van der Waals surface area contributed by atoms with Crippen LogP contribution in [0.15, 0.2) is 30.3 Å². The normalized spacial score (nSPS) is 14.2. The minimum atomic E-state index is 0.925. The highest BCUT2D eigenvalue weighted by atomic mass is 14.9.